The molecule has 126 valence electrons. The molecule has 2 unspecified atom stereocenters. The average molecular weight is 318 g/mol. The van der Waals surface area contributed by atoms with Crippen molar-refractivity contribution in [2.24, 2.45) is 17.1 Å². The minimum Gasteiger partial charge on any atom is -0.486 e. The molecule has 2 aliphatic rings. The molecule has 1 aromatic rings. The van der Waals surface area contributed by atoms with E-state index < -0.39 is 0 Å². The predicted molar refractivity (Wildman–Crippen MR) is 88.8 cm³/mol. The Balaban J connectivity index is 1.64. The smallest absolute Gasteiger partial charge is 0.226 e. The van der Waals surface area contributed by atoms with Crippen LogP contribution >= 0.6 is 0 Å². The molecule has 1 aliphatic heterocycles. The van der Waals surface area contributed by atoms with Crippen LogP contribution in [-0.2, 0) is 4.79 Å². The lowest BCUT2D eigenvalue weighted by atomic mass is 9.93. The number of nitrogens with zero attached hydrogens (tertiary/aromatic N) is 1. The van der Waals surface area contributed by atoms with Crippen molar-refractivity contribution < 1.29 is 14.3 Å². The van der Waals surface area contributed by atoms with Gasteiger partial charge in [0.05, 0.1) is 0 Å². The van der Waals surface area contributed by atoms with Crippen LogP contribution < -0.4 is 15.2 Å². The molecular formula is C18H26N2O3. The molecule has 0 spiro atoms. The number of fused-ring (bicyclic) bond motifs is 1. The van der Waals surface area contributed by atoms with Gasteiger partial charge in [0, 0.05) is 19.5 Å². The molecule has 0 bridgehead atoms. The van der Waals surface area contributed by atoms with E-state index in [0.29, 0.717) is 32.2 Å². The second-order valence-electron chi connectivity index (χ2n) is 7.41. The highest BCUT2D eigenvalue weighted by Gasteiger charge is 2.45. The maximum atomic E-state index is 12.6. The van der Waals surface area contributed by atoms with Gasteiger partial charge in [0.1, 0.15) is 13.2 Å². The molecule has 1 amide bonds. The van der Waals surface area contributed by atoms with Crippen molar-refractivity contribution in [1.29, 1.82) is 0 Å². The van der Waals surface area contributed by atoms with Gasteiger partial charge in [0.2, 0.25) is 5.91 Å². The van der Waals surface area contributed by atoms with Crippen LogP contribution in [0.25, 0.3) is 0 Å². The first-order chi connectivity index (χ1) is 10.9. The number of amides is 1. The van der Waals surface area contributed by atoms with E-state index in [0.717, 1.165) is 17.9 Å². The zero-order valence-electron chi connectivity index (χ0n) is 14.2. The summed E-state index contributed by atoms with van der Waals surface area (Å²) in [4.78, 5) is 14.4. The highest BCUT2D eigenvalue weighted by atomic mass is 16.6. The average Bonchev–Trinajstić information content (AvgIpc) is 3.34. The van der Waals surface area contributed by atoms with Gasteiger partial charge in [-0.05, 0) is 42.0 Å². The number of carbonyl (C=O) groups is 1. The Kier molecular flexibility index (Phi) is 4.23. The molecule has 1 aromatic carbocycles. The van der Waals surface area contributed by atoms with E-state index in [2.05, 4.69) is 19.9 Å². The number of nitrogens with two attached hydrogens (primary N) is 1. The van der Waals surface area contributed by atoms with Gasteiger partial charge < -0.3 is 20.1 Å². The summed E-state index contributed by atoms with van der Waals surface area (Å²) in [6.07, 6.45) is 0.909. The van der Waals surface area contributed by atoms with E-state index in [1.165, 1.54) is 5.56 Å². The second-order valence-corrected chi connectivity index (χ2v) is 7.41. The number of rotatable bonds is 5. The van der Waals surface area contributed by atoms with Crippen LogP contribution in [0.15, 0.2) is 18.2 Å². The van der Waals surface area contributed by atoms with Crippen LogP contribution in [0.2, 0.25) is 0 Å². The van der Waals surface area contributed by atoms with Crippen molar-refractivity contribution in [1.82, 2.24) is 4.90 Å². The van der Waals surface area contributed by atoms with E-state index >= 15 is 0 Å². The van der Waals surface area contributed by atoms with Gasteiger partial charge in [-0.1, -0.05) is 19.9 Å². The van der Waals surface area contributed by atoms with E-state index in [1.807, 2.05) is 24.1 Å². The van der Waals surface area contributed by atoms with Gasteiger partial charge in [-0.25, -0.2) is 0 Å². The summed E-state index contributed by atoms with van der Waals surface area (Å²) in [6, 6.07) is 6.02. The largest absolute Gasteiger partial charge is 0.486 e. The van der Waals surface area contributed by atoms with Crippen molar-refractivity contribution in [2.45, 2.75) is 26.2 Å². The van der Waals surface area contributed by atoms with Crippen LogP contribution in [0.4, 0.5) is 0 Å². The van der Waals surface area contributed by atoms with Crippen molar-refractivity contribution in [3.63, 3.8) is 0 Å². The highest BCUT2D eigenvalue weighted by Crippen LogP contribution is 2.50. The summed E-state index contributed by atoms with van der Waals surface area (Å²) in [6.45, 7) is 6.61. The van der Waals surface area contributed by atoms with Gasteiger partial charge >= 0.3 is 0 Å². The normalized spacial score (nSPS) is 22.6. The van der Waals surface area contributed by atoms with Crippen molar-refractivity contribution >= 4 is 5.91 Å². The summed E-state index contributed by atoms with van der Waals surface area (Å²) in [5.41, 5.74) is 6.88. The first kappa shape index (κ1) is 16.1. The summed E-state index contributed by atoms with van der Waals surface area (Å²) in [5.74, 6) is 2.18. The Morgan fingerprint density at radius 1 is 1.30 bits per heavy atom. The van der Waals surface area contributed by atoms with Crippen LogP contribution in [0.5, 0.6) is 11.5 Å². The minimum atomic E-state index is -0.0498. The molecule has 5 nitrogen and oxygen atoms in total. The summed E-state index contributed by atoms with van der Waals surface area (Å²) >= 11 is 0. The molecule has 3 rings (SSSR count). The lowest BCUT2D eigenvalue weighted by Crippen LogP contribution is -2.40. The molecule has 1 fully saturated rings. The SMILES string of the molecule is CN(CC(C)(C)CN)C(=O)C1CC1c1ccc2c(c1)OCCO2. The third-order valence-corrected chi connectivity index (χ3v) is 4.70. The van der Waals surface area contributed by atoms with Crippen LogP contribution in [-0.4, -0.2) is 44.2 Å². The molecular weight excluding hydrogens is 292 g/mol. The van der Waals surface area contributed by atoms with Crippen molar-refractivity contribution in [3.8, 4) is 11.5 Å². The monoisotopic (exact) mass is 318 g/mol. The quantitative estimate of drug-likeness (QED) is 0.902. The first-order valence-electron chi connectivity index (χ1n) is 8.26. The number of hydrogen-bond donors (Lipinski definition) is 1. The Morgan fingerprint density at radius 2 is 2.00 bits per heavy atom. The predicted octanol–water partition coefficient (Wildman–Crippen LogP) is 2.00. The van der Waals surface area contributed by atoms with Crippen molar-refractivity contribution in [2.75, 3.05) is 33.4 Å². The van der Waals surface area contributed by atoms with Gasteiger partial charge in [0.15, 0.2) is 11.5 Å². The van der Waals surface area contributed by atoms with Crippen LogP contribution in [0, 0.1) is 11.3 Å². The number of benzene rings is 1. The molecule has 2 N–H and O–H groups in total. The topological polar surface area (TPSA) is 64.8 Å². The minimum absolute atomic E-state index is 0.0498. The van der Waals surface area contributed by atoms with Gasteiger partial charge in [-0.15, -0.1) is 0 Å². The standard InChI is InChI=1S/C18H26N2O3/c1-18(2,10-19)11-20(3)17(21)14-9-13(14)12-4-5-15-16(8-12)23-7-6-22-15/h4-5,8,13-14H,6-7,9-11,19H2,1-3H3. The molecule has 0 radical (unpaired) electrons. The van der Waals surface area contributed by atoms with E-state index in [4.69, 9.17) is 15.2 Å². The summed E-state index contributed by atoms with van der Waals surface area (Å²) in [5, 5.41) is 0. The number of hydrogen-bond acceptors (Lipinski definition) is 4. The fourth-order valence-corrected chi connectivity index (χ4v) is 3.19. The lowest BCUT2D eigenvalue weighted by Gasteiger charge is -2.29. The van der Waals surface area contributed by atoms with Gasteiger partial charge in [0.25, 0.3) is 0 Å². The molecule has 2 atom stereocenters. The molecule has 0 saturated heterocycles. The molecule has 1 aliphatic carbocycles. The maximum absolute atomic E-state index is 12.6. The fraction of sp³-hybridized carbons (Fsp3) is 0.611. The Labute approximate surface area is 137 Å². The maximum Gasteiger partial charge on any atom is 0.226 e. The first-order valence-corrected chi connectivity index (χ1v) is 8.26. The van der Waals surface area contributed by atoms with Crippen LogP contribution in [0.3, 0.4) is 0 Å². The summed E-state index contributed by atoms with van der Waals surface area (Å²) < 4.78 is 11.2. The zero-order chi connectivity index (χ0) is 16.6. The zero-order valence-corrected chi connectivity index (χ0v) is 14.2. The Morgan fingerprint density at radius 3 is 2.70 bits per heavy atom. The van der Waals surface area contributed by atoms with Gasteiger partial charge in [-0.3, -0.25) is 4.79 Å². The molecule has 0 aromatic heterocycles. The highest BCUT2D eigenvalue weighted by molar-refractivity contribution is 5.83. The lowest BCUT2D eigenvalue weighted by molar-refractivity contribution is -0.132. The van der Waals surface area contributed by atoms with E-state index in [1.54, 1.807) is 0 Å². The molecule has 1 heterocycles. The fourth-order valence-electron chi connectivity index (χ4n) is 3.19. The number of carbonyl (C=O) groups excluding carboxylic acids is 1. The Bertz CT molecular complexity index is 600. The Hall–Kier alpha value is -1.75. The second kappa shape index (κ2) is 6.04. The third-order valence-electron chi connectivity index (χ3n) is 4.70. The number of ether oxygens (including phenoxy) is 2. The third kappa shape index (κ3) is 3.44. The van der Waals surface area contributed by atoms with E-state index in [9.17, 15) is 4.79 Å². The summed E-state index contributed by atoms with van der Waals surface area (Å²) in [7, 11) is 1.87. The molecule has 5 heteroatoms. The molecule has 23 heavy (non-hydrogen) atoms. The van der Waals surface area contributed by atoms with Crippen molar-refractivity contribution in [3.05, 3.63) is 23.8 Å². The molecule has 1 saturated carbocycles. The van der Waals surface area contributed by atoms with Crippen LogP contribution in [0.1, 0.15) is 31.7 Å². The van der Waals surface area contributed by atoms with Gasteiger partial charge in [-0.2, -0.15) is 0 Å². The van der Waals surface area contributed by atoms with E-state index in [-0.39, 0.29) is 17.2 Å².